The molecule has 0 spiro atoms. The van der Waals surface area contributed by atoms with E-state index in [1.54, 1.807) is 11.3 Å². The number of carbonyl (C=O) groups is 2. The first-order chi connectivity index (χ1) is 9.86. The summed E-state index contributed by atoms with van der Waals surface area (Å²) in [4.78, 5) is 26.9. The van der Waals surface area contributed by atoms with Gasteiger partial charge < -0.3 is 20.4 Å². The van der Waals surface area contributed by atoms with E-state index in [0.29, 0.717) is 6.42 Å². The number of likely N-dealkylation sites (tertiary alicyclic amines) is 1. The Balaban J connectivity index is 1.92. The van der Waals surface area contributed by atoms with Gasteiger partial charge in [0.1, 0.15) is 6.04 Å². The van der Waals surface area contributed by atoms with Gasteiger partial charge in [-0.15, -0.1) is 11.3 Å². The summed E-state index contributed by atoms with van der Waals surface area (Å²) in [6.45, 7) is 3.98. The number of rotatable bonds is 4. The average molecular weight is 312 g/mol. The zero-order valence-electron chi connectivity index (χ0n) is 12.1. The van der Waals surface area contributed by atoms with Crippen molar-refractivity contribution in [3.05, 3.63) is 21.9 Å². The summed E-state index contributed by atoms with van der Waals surface area (Å²) in [5.41, 5.74) is 0. The Bertz CT molecular complexity index is 531. The molecular weight excluding hydrogens is 292 g/mol. The number of thiophene rings is 1. The first-order valence-corrected chi connectivity index (χ1v) is 7.71. The molecule has 2 heterocycles. The summed E-state index contributed by atoms with van der Waals surface area (Å²) in [5.74, 6) is -1.08. The summed E-state index contributed by atoms with van der Waals surface area (Å²) in [7, 11) is 0. The van der Waals surface area contributed by atoms with Crippen LogP contribution in [0.15, 0.2) is 12.1 Å². The van der Waals surface area contributed by atoms with Crippen molar-refractivity contribution in [1.82, 2.24) is 10.2 Å². The van der Waals surface area contributed by atoms with Gasteiger partial charge in [-0.3, -0.25) is 0 Å². The lowest BCUT2D eigenvalue weighted by Crippen LogP contribution is -2.49. The molecule has 2 rings (SSSR count). The number of hydrogen-bond acceptors (Lipinski definition) is 4. The number of carboxylic acid groups (broad SMARTS) is 1. The Hall–Kier alpha value is -1.60. The van der Waals surface area contributed by atoms with Crippen LogP contribution in [0, 0.1) is 6.92 Å². The molecule has 116 valence electrons. The zero-order valence-corrected chi connectivity index (χ0v) is 12.9. The van der Waals surface area contributed by atoms with Crippen LogP contribution >= 0.6 is 11.3 Å². The van der Waals surface area contributed by atoms with E-state index < -0.39 is 24.1 Å². The molecule has 1 aromatic rings. The van der Waals surface area contributed by atoms with Gasteiger partial charge in [0.05, 0.1) is 6.10 Å². The van der Waals surface area contributed by atoms with E-state index >= 15 is 0 Å². The molecule has 2 amide bonds. The van der Waals surface area contributed by atoms with E-state index in [-0.39, 0.29) is 19.0 Å². The maximum absolute atomic E-state index is 12.2. The monoisotopic (exact) mass is 312 g/mol. The molecule has 0 radical (unpaired) electrons. The third kappa shape index (κ3) is 3.95. The van der Waals surface area contributed by atoms with Crippen LogP contribution in [0.1, 0.15) is 23.1 Å². The van der Waals surface area contributed by atoms with Gasteiger partial charge in [-0.05, 0) is 26.0 Å². The number of amides is 2. The number of aliphatic carboxylic acids is 1. The van der Waals surface area contributed by atoms with E-state index in [2.05, 4.69) is 5.32 Å². The smallest absolute Gasteiger partial charge is 0.326 e. The standard InChI is InChI=1S/C14H20N2O4S/c1-8(5-11-4-3-9(2)21-11)15-14(20)16-7-10(17)6-12(16)13(18)19/h3-4,8,10,12,17H,5-7H2,1-2H3,(H,15,20)(H,18,19)/t8?,10-,12-/m0/s1. The molecule has 0 bridgehead atoms. The van der Waals surface area contributed by atoms with Crippen molar-refractivity contribution in [2.45, 2.75) is 44.9 Å². The normalized spacial score (nSPS) is 23.1. The number of carbonyl (C=O) groups excluding carboxylic acids is 1. The Labute approximate surface area is 127 Å². The SMILES string of the molecule is Cc1ccc(CC(C)NC(=O)N2C[C@@H](O)C[C@H]2C(=O)O)s1. The molecule has 0 aliphatic carbocycles. The number of urea groups is 1. The van der Waals surface area contributed by atoms with Crippen molar-refractivity contribution >= 4 is 23.3 Å². The van der Waals surface area contributed by atoms with Crippen LogP contribution in [-0.2, 0) is 11.2 Å². The molecule has 0 aromatic carbocycles. The highest BCUT2D eigenvalue weighted by Gasteiger charge is 2.39. The largest absolute Gasteiger partial charge is 0.480 e. The molecule has 1 aliphatic rings. The van der Waals surface area contributed by atoms with Gasteiger partial charge >= 0.3 is 12.0 Å². The van der Waals surface area contributed by atoms with Crippen molar-refractivity contribution in [3.8, 4) is 0 Å². The fraction of sp³-hybridized carbons (Fsp3) is 0.571. The van der Waals surface area contributed by atoms with Crippen LogP contribution in [-0.4, -0.2) is 51.8 Å². The zero-order chi connectivity index (χ0) is 15.6. The Morgan fingerprint density at radius 1 is 1.52 bits per heavy atom. The third-order valence-corrected chi connectivity index (χ3v) is 4.52. The first kappa shape index (κ1) is 15.8. The molecule has 1 aliphatic heterocycles. The highest BCUT2D eigenvalue weighted by molar-refractivity contribution is 7.11. The molecule has 21 heavy (non-hydrogen) atoms. The highest BCUT2D eigenvalue weighted by atomic mass is 32.1. The van der Waals surface area contributed by atoms with Crippen LogP contribution < -0.4 is 5.32 Å². The van der Waals surface area contributed by atoms with Gasteiger partial charge in [0, 0.05) is 35.2 Å². The van der Waals surface area contributed by atoms with Crippen LogP contribution in [0.4, 0.5) is 4.79 Å². The summed E-state index contributed by atoms with van der Waals surface area (Å²) >= 11 is 1.68. The van der Waals surface area contributed by atoms with Gasteiger partial charge in [-0.2, -0.15) is 0 Å². The highest BCUT2D eigenvalue weighted by Crippen LogP contribution is 2.19. The summed E-state index contributed by atoms with van der Waals surface area (Å²) in [5, 5.41) is 21.5. The molecule has 7 heteroatoms. The average Bonchev–Trinajstić information content (AvgIpc) is 2.95. The second-order valence-electron chi connectivity index (χ2n) is 5.46. The van der Waals surface area contributed by atoms with Gasteiger partial charge in [0.2, 0.25) is 0 Å². The second-order valence-corrected chi connectivity index (χ2v) is 6.84. The van der Waals surface area contributed by atoms with E-state index in [1.807, 2.05) is 26.0 Å². The van der Waals surface area contributed by atoms with Crippen molar-refractivity contribution in [1.29, 1.82) is 0 Å². The predicted octanol–water partition coefficient (Wildman–Crippen LogP) is 1.22. The minimum atomic E-state index is -1.08. The molecule has 1 saturated heterocycles. The fourth-order valence-corrected chi connectivity index (χ4v) is 3.53. The van der Waals surface area contributed by atoms with Crippen molar-refractivity contribution in [3.63, 3.8) is 0 Å². The topological polar surface area (TPSA) is 89.9 Å². The number of aryl methyl sites for hydroxylation is 1. The maximum Gasteiger partial charge on any atom is 0.326 e. The molecule has 1 unspecified atom stereocenters. The lowest BCUT2D eigenvalue weighted by Gasteiger charge is -2.24. The lowest BCUT2D eigenvalue weighted by molar-refractivity contribution is -0.141. The Morgan fingerprint density at radius 2 is 2.24 bits per heavy atom. The fourth-order valence-electron chi connectivity index (χ4n) is 2.51. The Kier molecular flexibility index (Phi) is 4.84. The quantitative estimate of drug-likeness (QED) is 0.780. The number of nitrogens with one attached hydrogen (secondary N) is 1. The number of aliphatic hydroxyl groups is 1. The number of nitrogens with zero attached hydrogens (tertiary/aromatic N) is 1. The molecule has 0 saturated carbocycles. The van der Waals surface area contributed by atoms with Crippen LogP contribution in [0.2, 0.25) is 0 Å². The van der Waals surface area contributed by atoms with Gasteiger partial charge in [-0.25, -0.2) is 9.59 Å². The summed E-state index contributed by atoms with van der Waals surface area (Å²) in [6.07, 6.45) is 0.0201. The molecule has 3 N–H and O–H groups in total. The van der Waals surface area contributed by atoms with E-state index in [1.165, 1.54) is 14.7 Å². The minimum Gasteiger partial charge on any atom is -0.480 e. The molecule has 6 nitrogen and oxygen atoms in total. The maximum atomic E-state index is 12.2. The van der Waals surface area contributed by atoms with E-state index in [9.17, 15) is 14.7 Å². The third-order valence-electron chi connectivity index (χ3n) is 3.50. The lowest BCUT2D eigenvalue weighted by atomic mass is 10.2. The van der Waals surface area contributed by atoms with Crippen LogP contribution in [0.25, 0.3) is 0 Å². The van der Waals surface area contributed by atoms with Crippen LogP contribution in [0.5, 0.6) is 0 Å². The molecular formula is C14H20N2O4S. The Morgan fingerprint density at radius 3 is 2.81 bits per heavy atom. The van der Waals surface area contributed by atoms with E-state index in [4.69, 9.17) is 5.11 Å². The van der Waals surface area contributed by atoms with Crippen LogP contribution in [0.3, 0.4) is 0 Å². The molecule has 1 fully saturated rings. The number of aliphatic hydroxyl groups excluding tert-OH is 1. The minimum absolute atomic E-state index is 0.0631. The van der Waals surface area contributed by atoms with Gasteiger partial charge in [0.15, 0.2) is 0 Å². The van der Waals surface area contributed by atoms with Crippen molar-refractivity contribution < 1.29 is 19.8 Å². The van der Waals surface area contributed by atoms with E-state index in [0.717, 1.165) is 0 Å². The number of hydrogen-bond donors (Lipinski definition) is 3. The predicted molar refractivity (Wildman–Crippen MR) is 79.5 cm³/mol. The van der Waals surface area contributed by atoms with Gasteiger partial charge in [0.25, 0.3) is 0 Å². The van der Waals surface area contributed by atoms with Gasteiger partial charge in [-0.1, -0.05) is 0 Å². The summed E-state index contributed by atoms with van der Waals surface area (Å²) < 4.78 is 0. The number of carboxylic acids is 1. The first-order valence-electron chi connectivity index (χ1n) is 6.90. The molecule has 1 aromatic heterocycles. The second kappa shape index (κ2) is 6.44. The number of β-amino-alcohol motifs (C(OH)–C–C–N with tert-alkyl or cyclic N) is 1. The van der Waals surface area contributed by atoms with Crippen molar-refractivity contribution in [2.75, 3.05) is 6.54 Å². The molecule has 3 atom stereocenters. The van der Waals surface area contributed by atoms with Crippen molar-refractivity contribution in [2.24, 2.45) is 0 Å². The summed E-state index contributed by atoms with van der Waals surface area (Å²) in [6, 6.07) is 2.59.